The van der Waals surface area contributed by atoms with Gasteiger partial charge in [0.2, 0.25) is 0 Å². The van der Waals surface area contributed by atoms with E-state index in [0.29, 0.717) is 17.0 Å². The molecule has 0 aliphatic heterocycles. The van der Waals surface area contributed by atoms with Gasteiger partial charge in [-0.05, 0) is 37.0 Å². The largest absolute Gasteiger partial charge is 0.294 e. The van der Waals surface area contributed by atoms with Crippen LogP contribution < -0.4 is 0 Å². The molecule has 4 rings (SSSR count). The summed E-state index contributed by atoms with van der Waals surface area (Å²) in [6.45, 7) is 0. The summed E-state index contributed by atoms with van der Waals surface area (Å²) in [5.41, 5.74) is 2.61. The van der Waals surface area contributed by atoms with E-state index in [-0.39, 0.29) is 23.4 Å². The number of Topliss-reactive ketones (excluding diaryl/α,β-unsaturated/α-hetero) is 2. The lowest BCUT2D eigenvalue weighted by atomic mass is 9.69. The number of carbonyl (C=O) groups is 2. The standard InChI is InChI=1S/C15H11BrO2/c16-8-2-4-9-12(6-8)14(17)10-3-1-7-5-11(7)13(10)15(9)18/h1-2,4,6,10-11,13H,3,5H2. The van der Waals surface area contributed by atoms with Crippen molar-refractivity contribution in [2.75, 3.05) is 0 Å². The summed E-state index contributed by atoms with van der Waals surface area (Å²) in [5.74, 6) is 0.493. The Balaban J connectivity index is 1.90. The van der Waals surface area contributed by atoms with E-state index in [2.05, 4.69) is 22.0 Å². The third kappa shape index (κ3) is 1.28. The highest BCUT2D eigenvalue weighted by Gasteiger charge is 2.52. The second kappa shape index (κ2) is 3.41. The molecule has 1 aromatic carbocycles. The molecule has 1 fully saturated rings. The molecule has 2 nitrogen and oxygen atoms in total. The molecule has 0 spiro atoms. The molecule has 18 heavy (non-hydrogen) atoms. The number of carbonyl (C=O) groups excluding carboxylic acids is 2. The zero-order valence-electron chi connectivity index (χ0n) is 9.65. The lowest BCUT2D eigenvalue weighted by molar-refractivity contribution is 0.0710. The molecule has 0 heterocycles. The average Bonchev–Trinajstić information content (AvgIpc) is 3.14. The maximum absolute atomic E-state index is 12.6. The van der Waals surface area contributed by atoms with Crippen molar-refractivity contribution in [2.45, 2.75) is 12.8 Å². The summed E-state index contributed by atoms with van der Waals surface area (Å²) in [4.78, 5) is 25.1. The lowest BCUT2D eigenvalue weighted by Crippen LogP contribution is -2.38. The molecule has 3 atom stereocenters. The van der Waals surface area contributed by atoms with Crippen LogP contribution in [0.3, 0.4) is 0 Å². The van der Waals surface area contributed by atoms with Gasteiger partial charge in [0.1, 0.15) is 0 Å². The topological polar surface area (TPSA) is 34.1 Å². The van der Waals surface area contributed by atoms with Crippen molar-refractivity contribution in [1.82, 2.24) is 0 Å². The summed E-state index contributed by atoms with van der Waals surface area (Å²) >= 11 is 3.37. The Morgan fingerprint density at radius 3 is 2.72 bits per heavy atom. The number of allylic oxidation sites excluding steroid dienone is 2. The second-order valence-corrected chi connectivity index (χ2v) is 6.29. The first-order chi connectivity index (χ1) is 8.66. The van der Waals surface area contributed by atoms with E-state index < -0.39 is 0 Å². The molecular formula is C15H11BrO2. The van der Waals surface area contributed by atoms with Gasteiger partial charge >= 0.3 is 0 Å². The van der Waals surface area contributed by atoms with Crippen molar-refractivity contribution < 1.29 is 9.59 Å². The average molecular weight is 303 g/mol. The molecule has 3 aliphatic rings. The molecule has 0 bridgehead atoms. The summed E-state index contributed by atoms with van der Waals surface area (Å²) in [6, 6.07) is 5.42. The van der Waals surface area contributed by atoms with Crippen LogP contribution in [0, 0.1) is 17.8 Å². The third-order valence-corrected chi connectivity index (χ3v) is 4.92. The Hall–Kier alpha value is -1.22. The zero-order chi connectivity index (χ0) is 12.4. The van der Waals surface area contributed by atoms with E-state index in [4.69, 9.17) is 0 Å². The van der Waals surface area contributed by atoms with Crippen LogP contribution in [0.5, 0.6) is 0 Å². The minimum absolute atomic E-state index is 0.0776. The first kappa shape index (κ1) is 10.7. The van der Waals surface area contributed by atoms with Crippen molar-refractivity contribution in [3.63, 3.8) is 0 Å². The van der Waals surface area contributed by atoms with Crippen LogP contribution in [0.1, 0.15) is 33.6 Å². The van der Waals surface area contributed by atoms with Crippen LogP contribution in [0.25, 0.3) is 0 Å². The van der Waals surface area contributed by atoms with Crippen molar-refractivity contribution >= 4 is 27.5 Å². The molecule has 0 saturated heterocycles. The molecule has 0 amide bonds. The zero-order valence-corrected chi connectivity index (χ0v) is 11.2. The smallest absolute Gasteiger partial charge is 0.168 e. The quantitative estimate of drug-likeness (QED) is 0.688. The summed E-state index contributed by atoms with van der Waals surface area (Å²) in [6.07, 6.45) is 3.93. The van der Waals surface area contributed by atoms with Crippen LogP contribution in [-0.2, 0) is 0 Å². The van der Waals surface area contributed by atoms with Crippen molar-refractivity contribution in [2.24, 2.45) is 17.8 Å². The minimum atomic E-state index is -0.115. The van der Waals surface area contributed by atoms with E-state index in [0.717, 1.165) is 17.3 Å². The van der Waals surface area contributed by atoms with Crippen LogP contribution in [0.15, 0.2) is 34.3 Å². The highest BCUT2D eigenvalue weighted by Crippen LogP contribution is 2.54. The number of benzene rings is 1. The van der Waals surface area contributed by atoms with Crippen LogP contribution >= 0.6 is 15.9 Å². The van der Waals surface area contributed by atoms with Gasteiger partial charge in [-0.15, -0.1) is 0 Å². The molecule has 3 aliphatic carbocycles. The predicted octanol–water partition coefficient (Wildman–Crippen LogP) is 3.41. The van der Waals surface area contributed by atoms with Gasteiger partial charge in [0.25, 0.3) is 0 Å². The SMILES string of the molecule is O=C1c2cc(Br)ccc2C(=O)C2C1CC=C1CC12. The predicted molar refractivity (Wildman–Crippen MR) is 70.6 cm³/mol. The van der Waals surface area contributed by atoms with E-state index in [1.54, 1.807) is 12.1 Å². The van der Waals surface area contributed by atoms with Gasteiger partial charge in [-0.3, -0.25) is 9.59 Å². The number of hydrogen-bond donors (Lipinski definition) is 0. The van der Waals surface area contributed by atoms with Gasteiger partial charge in [0.05, 0.1) is 0 Å². The van der Waals surface area contributed by atoms with Gasteiger partial charge in [0, 0.05) is 27.4 Å². The van der Waals surface area contributed by atoms with Crippen molar-refractivity contribution in [3.05, 3.63) is 45.4 Å². The monoisotopic (exact) mass is 302 g/mol. The maximum Gasteiger partial charge on any atom is 0.168 e. The molecule has 3 unspecified atom stereocenters. The van der Waals surface area contributed by atoms with E-state index in [1.807, 2.05) is 6.07 Å². The molecule has 0 N–H and O–H groups in total. The van der Waals surface area contributed by atoms with Crippen molar-refractivity contribution in [3.8, 4) is 0 Å². The number of halogens is 1. The molecular weight excluding hydrogens is 292 g/mol. The Morgan fingerprint density at radius 1 is 1.06 bits per heavy atom. The van der Waals surface area contributed by atoms with E-state index in [1.165, 1.54) is 5.57 Å². The molecule has 1 saturated carbocycles. The van der Waals surface area contributed by atoms with Crippen LogP contribution in [-0.4, -0.2) is 11.6 Å². The van der Waals surface area contributed by atoms with Crippen LogP contribution in [0.4, 0.5) is 0 Å². The molecule has 1 aromatic rings. The fourth-order valence-electron chi connectivity index (χ4n) is 3.44. The number of fused-ring (bicyclic) bond motifs is 4. The number of rotatable bonds is 0. The van der Waals surface area contributed by atoms with Gasteiger partial charge in [-0.2, -0.15) is 0 Å². The third-order valence-electron chi connectivity index (χ3n) is 4.42. The first-order valence-corrected chi connectivity index (χ1v) is 7.03. The van der Waals surface area contributed by atoms with E-state index in [9.17, 15) is 9.59 Å². The Kier molecular flexibility index (Phi) is 2.03. The van der Waals surface area contributed by atoms with Crippen LogP contribution in [0.2, 0.25) is 0 Å². The Labute approximate surface area is 113 Å². The van der Waals surface area contributed by atoms with Crippen molar-refractivity contribution in [1.29, 1.82) is 0 Å². The van der Waals surface area contributed by atoms with Gasteiger partial charge in [-0.1, -0.05) is 27.6 Å². The first-order valence-electron chi connectivity index (χ1n) is 6.23. The lowest BCUT2D eigenvalue weighted by Gasteiger charge is -2.31. The number of ketones is 2. The van der Waals surface area contributed by atoms with Gasteiger partial charge < -0.3 is 0 Å². The Morgan fingerprint density at radius 2 is 1.89 bits per heavy atom. The molecule has 90 valence electrons. The molecule has 3 heteroatoms. The fraction of sp³-hybridized carbons (Fsp3) is 0.333. The maximum atomic E-state index is 12.6. The highest BCUT2D eigenvalue weighted by molar-refractivity contribution is 9.10. The molecule has 0 radical (unpaired) electrons. The number of hydrogen-bond acceptors (Lipinski definition) is 2. The summed E-state index contributed by atoms with van der Waals surface area (Å²) in [5, 5.41) is 0. The Bertz CT molecular complexity index is 629. The van der Waals surface area contributed by atoms with Gasteiger partial charge in [-0.25, -0.2) is 0 Å². The summed E-state index contributed by atoms with van der Waals surface area (Å²) in [7, 11) is 0. The highest BCUT2D eigenvalue weighted by atomic mass is 79.9. The molecule has 0 aromatic heterocycles. The normalized spacial score (nSPS) is 32.3. The minimum Gasteiger partial charge on any atom is -0.294 e. The van der Waals surface area contributed by atoms with E-state index >= 15 is 0 Å². The fourth-order valence-corrected chi connectivity index (χ4v) is 3.80. The van der Waals surface area contributed by atoms with Gasteiger partial charge in [0.15, 0.2) is 11.6 Å². The second-order valence-electron chi connectivity index (χ2n) is 5.38. The summed E-state index contributed by atoms with van der Waals surface area (Å²) < 4.78 is 0.860.